The first-order chi connectivity index (χ1) is 14.0. The first kappa shape index (κ1) is 19.3. The third kappa shape index (κ3) is 4.38. The molecule has 150 valence electrons. The van der Waals surface area contributed by atoms with Crippen molar-refractivity contribution < 1.29 is 18.3 Å². The van der Waals surface area contributed by atoms with Crippen molar-refractivity contribution in [3.8, 4) is 0 Å². The first-order valence-corrected chi connectivity index (χ1v) is 9.69. The number of nitrogens with zero attached hydrogens (tertiary/aromatic N) is 1. The van der Waals surface area contributed by atoms with E-state index in [0.717, 1.165) is 36.1 Å². The zero-order chi connectivity index (χ0) is 20.4. The average molecular weight is 395 g/mol. The van der Waals surface area contributed by atoms with E-state index in [4.69, 9.17) is 9.15 Å². The molecule has 1 atom stereocenters. The minimum absolute atomic E-state index is 0.0364. The highest BCUT2D eigenvalue weighted by Crippen LogP contribution is 2.19. The summed E-state index contributed by atoms with van der Waals surface area (Å²) in [6, 6.07) is 12.8. The summed E-state index contributed by atoms with van der Waals surface area (Å²) < 4.78 is 24.8. The van der Waals surface area contributed by atoms with Crippen molar-refractivity contribution in [1.82, 2.24) is 4.90 Å². The fraction of sp³-hybridized carbons (Fsp3) is 0.304. The number of rotatable bonds is 5. The van der Waals surface area contributed by atoms with Crippen LogP contribution in [0.3, 0.4) is 0 Å². The number of ether oxygens (including phenoxy) is 1. The summed E-state index contributed by atoms with van der Waals surface area (Å²) >= 11 is 0. The molecular weight excluding hydrogens is 373 g/mol. The lowest BCUT2D eigenvalue weighted by molar-refractivity contribution is 0.0484. The van der Waals surface area contributed by atoms with E-state index in [1.165, 1.54) is 12.1 Å². The van der Waals surface area contributed by atoms with Gasteiger partial charge >= 0.3 is 0 Å². The van der Waals surface area contributed by atoms with Crippen LogP contribution < -0.4 is 5.43 Å². The van der Waals surface area contributed by atoms with Gasteiger partial charge in [0, 0.05) is 25.8 Å². The number of hydrogen-bond donors (Lipinski definition) is 0. The minimum Gasteiger partial charge on any atom is -0.451 e. The standard InChI is InChI=1S/C23H22FNO4/c1-15-4-6-16(7-5-15)13-25(14-18-3-2-10-28-18)23(27)22-12-20(26)19-11-17(24)8-9-21(19)29-22/h4-9,11-12,18H,2-3,10,13-14H2,1H3/t18-/m1/s1. The van der Waals surface area contributed by atoms with Crippen LogP contribution in [-0.4, -0.2) is 30.1 Å². The predicted octanol–water partition coefficient (Wildman–Crippen LogP) is 4.06. The lowest BCUT2D eigenvalue weighted by atomic mass is 10.1. The molecule has 3 aromatic rings. The summed E-state index contributed by atoms with van der Waals surface area (Å²) in [5, 5.41) is 0.116. The first-order valence-electron chi connectivity index (χ1n) is 9.69. The molecule has 0 unspecified atom stereocenters. The number of hydrogen-bond acceptors (Lipinski definition) is 4. The molecule has 1 aromatic heterocycles. The summed E-state index contributed by atoms with van der Waals surface area (Å²) in [4.78, 5) is 27.3. The van der Waals surface area contributed by atoms with E-state index in [9.17, 15) is 14.0 Å². The Bertz CT molecular complexity index is 1080. The van der Waals surface area contributed by atoms with Gasteiger partial charge < -0.3 is 14.1 Å². The van der Waals surface area contributed by atoms with Gasteiger partial charge in [0.1, 0.15) is 11.4 Å². The van der Waals surface area contributed by atoms with Crippen LogP contribution in [0.4, 0.5) is 4.39 Å². The fourth-order valence-corrected chi connectivity index (χ4v) is 3.56. The number of benzene rings is 2. The highest BCUT2D eigenvalue weighted by atomic mass is 19.1. The number of aryl methyl sites for hydroxylation is 1. The Kier molecular flexibility index (Phi) is 5.45. The number of fused-ring (bicyclic) bond motifs is 1. The zero-order valence-electron chi connectivity index (χ0n) is 16.2. The summed E-state index contributed by atoms with van der Waals surface area (Å²) in [6.07, 6.45) is 1.82. The number of carbonyl (C=O) groups is 1. The summed E-state index contributed by atoms with van der Waals surface area (Å²) in [5.41, 5.74) is 1.86. The highest BCUT2D eigenvalue weighted by molar-refractivity contribution is 5.93. The predicted molar refractivity (Wildman–Crippen MR) is 107 cm³/mol. The molecule has 2 heterocycles. The lowest BCUT2D eigenvalue weighted by Gasteiger charge is -2.25. The van der Waals surface area contributed by atoms with Crippen LogP contribution in [0, 0.1) is 12.7 Å². The summed E-state index contributed by atoms with van der Waals surface area (Å²) in [7, 11) is 0. The minimum atomic E-state index is -0.525. The lowest BCUT2D eigenvalue weighted by Crippen LogP contribution is -2.37. The van der Waals surface area contributed by atoms with E-state index in [0.29, 0.717) is 19.7 Å². The summed E-state index contributed by atoms with van der Waals surface area (Å²) in [6.45, 7) is 3.49. The van der Waals surface area contributed by atoms with Crippen LogP contribution in [0.25, 0.3) is 11.0 Å². The molecule has 29 heavy (non-hydrogen) atoms. The smallest absolute Gasteiger partial charge is 0.290 e. The van der Waals surface area contributed by atoms with Crippen molar-refractivity contribution in [2.75, 3.05) is 13.2 Å². The maximum atomic E-state index is 13.4. The molecule has 0 spiro atoms. The molecular formula is C23H22FNO4. The largest absolute Gasteiger partial charge is 0.451 e. The topological polar surface area (TPSA) is 59.8 Å². The van der Waals surface area contributed by atoms with Gasteiger partial charge in [-0.15, -0.1) is 0 Å². The summed E-state index contributed by atoms with van der Waals surface area (Å²) in [5.74, 6) is -0.966. The number of carbonyl (C=O) groups excluding carboxylic acids is 1. The van der Waals surface area contributed by atoms with Gasteiger partial charge in [0.15, 0.2) is 11.2 Å². The zero-order valence-corrected chi connectivity index (χ0v) is 16.2. The molecule has 1 saturated heterocycles. The van der Waals surface area contributed by atoms with Gasteiger partial charge in [0.05, 0.1) is 11.5 Å². The van der Waals surface area contributed by atoms with Gasteiger partial charge in [-0.3, -0.25) is 9.59 Å². The molecule has 0 N–H and O–H groups in total. The van der Waals surface area contributed by atoms with Crippen molar-refractivity contribution in [2.45, 2.75) is 32.4 Å². The Morgan fingerprint density at radius 2 is 1.97 bits per heavy atom. The second-order valence-electron chi connectivity index (χ2n) is 7.42. The van der Waals surface area contributed by atoms with Crippen molar-refractivity contribution in [1.29, 1.82) is 0 Å². The highest BCUT2D eigenvalue weighted by Gasteiger charge is 2.25. The third-order valence-electron chi connectivity index (χ3n) is 5.13. The Balaban J connectivity index is 1.66. The SMILES string of the molecule is Cc1ccc(CN(C[C@H]2CCCO2)C(=O)c2cc(=O)c3cc(F)ccc3o2)cc1. The monoisotopic (exact) mass is 395 g/mol. The second-order valence-corrected chi connectivity index (χ2v) is 7.42. The molecule has 1 aliphatic rings. The van der Waals surface area contributed by atoms with E-state index in [-0.39, 0.29) is 28.7 Å². The number of halogens is 1. The van der Waals surface area contributed by atoms with Gasteiger partial charge in [0.25, 0.3) is 5.91 Å². The Hall–Kier alpha value is -2.99. The second kappa shape index (κ2) is 8.17. The maximum absolute atomic E-state index is 13.4. The van der Waals surface area contributed by atoms with E-state index < -0.39 is 11.2 Å². The van der Waals surface area contributed by atoms with E-state index in [1.54, 1.807) is 4.90 Å². The molecule has 0 radical (unpaired) electrons. The molecule has 4 rings (SSSR count). The van der Waals surface area contributed by atoms with Crippen LogP contribution in [-0.2, 0) is 11.3 Å². The van der Waals surface area contributed by atoms with Gasteiger partial charge in [-0.2, -0.15) is 0 Å². The van der Waals surface area contributed by atoms with Crippen LogP contribution in [0.2, 0.25) is 0 Å². The average Bonchev–Trinajstić information content (AvgIpc) is 3.22. The van der Waals surface area contributed by atoms with Crippen molar-refractivity contribution in [2.24, 2.45) is 0 Å². The van der Waals surface area contributed by atoms with Crippen LogP contribution in [0.1, 0.15) is 34.5 Å². The molecule has 0 bridgehead atoms. The maximum Gasteiger partial charge on any atom is 0.290 e. The van der Waals surface area contributed by atoms with E-state index in [1.807, 2.05) is 31.2 Å². The molecule has 0 aliphatic carbocycles. The quantitative estimate of drug-likeness (QED) is 0.654. The Morgan fingerprint density at radius 1 is 1.17 bits per heavy atom. The van der Waals surface area contributed by atoms with Crippen molar-refractivity contribution >= 4 is 16.9 Å². The van der Waals surface area contributed by atoms with Crippen LogP contribution in [0.15, 0.2) is 57.7 Å². The van der Waals surface area contributed by atoms with Crippen molar-refractivity contribution in [3.05, 3.63) is 81.5 Å². The normalized spacial score (nSPS) is 16.3. The third-order valence-corrected chi connectivity index (χ3v) is 5.13. The van der Waals surface area contributed by atoms with Crippen LogP contribution >= 0.6 is 0 Å². The van der Waals surface area contributed by atoms with Gasteiger partial charge in [-0.25, -0.2) is 4.39 Å². The van der Waals surface area contributed by atoms with Gasteiger partial charge in [-0.05, 0) is 43.5 Å². The number of amides is 1. The molecule has 1 aliphatic heterocycles. The molecule has 1 fully saturated rings. The van der Waals surface area contributed by atoms with E-state index in [2.05, 4.69) is 0 Å². The molecule has 0 saturated carbocycles. The fourth-order valence-electron chi connectivity index (χ4n) is 3.56. The van der Waals surface area contributed by atoms with Gasteiger partial charge in [-0.1, -0.05) is 29.8 Å². The molecule has 2 aromatic carbocycles. The Labute approximate surface area is 167 Å². The molecule has 1 amide bonds. The molecule has 6 heteroatoms. The van der Waals surface area contributed by atoms with Crippen LogP contribution in [0.5, 0.6) is 0 Å². The Morgan fingerprint density at radius 3 is 2.69 bits per heavy atom. The van der Waals surface area contributed by atoms with Crippen molar-refractivity contribution in [3.63, 3.8) is 0 Å². The van der Waals surface area contributed by atoms with Gasteiger partial charge in [0.2, 0.25) is 0 Å². The molecule has 5 nitrogen and oxygen atoms in total. The van der Waals surface area contributed by atoms with E-state index >= 15 is 0 Å².